The highest BCUT2D eigenvalue weighted by molar-refractivity contribution is 6.29. The van der Waals surface area contributed by atoms with Crippen LogP contribution in [0.3, 0.4) is 0 Å². The van der Waals surface area contributed by atoms with E-state index in [1.807, 2.05) is 6.07 Å². The van der Waals surface area contributed by atoms with Crippen LogP contribution in [0.4, 0.5) is 0 Å². The molecule has 0 fully saturated rings. The Kier molecular flexibility index (Phi) is 4.75. The van der Waals surface area contributed by atoms with Gasteiger partial charge in [-0.05, 0) is 73.5 Å². The highest BCUT2D eigenvalue weighted by atomic mass is 16.3. The molecule has 10 rings (SSSR count). The molecule has 0 aliphatic heterocycles. The van der Waals surface area contributed by atoms with Crippen LogP contribution in [0.15, 0.2) is 154 Å². The minimum Gasteiger partial charge on any atom is -0.456 e. The molecule has 0 unspecified atom stereocenters. The third kappa shape index (κ3) is 3.14. The first kappa shape index (κ1) is 23.7. The zero-order valence-corrected chi connectivity index (χ0v) is 23.7. The van der Waals surface area contributed by atoms with E-state index in [1.165, 1.54) is 49.2 Å². The van der Waals surface area contributed by atoms with Crippen LogP contribution in [0.5, 0.6) is 0 Å². The maximum atomic E-state index is 6.61. The van der Waals surface area contributed by atoms with E-state index in [4.69, 9.17) is 8.83 Å². The van der Waals surface area contributed by atoms with Gasteiger partial charge in [0.05, 0.1) is 0 Å². The fraction of sp³-hybridized carbons (Fsp3) is 0. The summed E-state index contributed by atoms with van der Waals surface area (Å²) >= 11 is 0. The van der Waals surface area contributed by atoms with Gasteiger partial charge < -0.3 is 8.83 Å². The summed E-state index contributed by atoms with van der Waals surface area (Å²) in [5.41, 5.74) is 8.48. The minimum absolute atomic E-state index is 0.903. The molecule has 0 bridgehead atoms. The highest BCUT2D eigenvalue weighted by Gasteiger charge is 2.22. The maximum Gasteiger partial charge on any atom is 0.143 e. The molecule has 0 saturated carbocycles. The number of furan rings is 2. The van der Waals surface area contributed by atoms with Crippen molar-refractivity contribution in [3.05, 3.63) is 146 Å². The van der Waals surface area contributed by atoms with Crippen molar-refractivity contribution in [3.63, 3.8) is 0 Å². The van der Waals surface area contributed by atoms with Crippen LogP contribution in [0.1, 0.15) is 0 Å². The Labute approximate surface area is 252 Å². The van der Waals surface area contributed by atoms with Crippen molar-refractivity contribution >= 4 is 76.2 Å². The topological polar surface area (TPSA) is 26.3 Å². The molecule has 0 saturated heterocycles. The summed E-state index contributed by atoms with van der Waals surface area (Å²) < 4.78 is 12.9. The molecule has 0 N–H and O–H groups in total. The second kappa shape index (κ2) is 8.82. The Balaban J connectivity index is 1.38. The van der Waals surface area contributed by atoms with Crippen molar-refractivity contribution in [2.45, 2.75) is 0 Å². The van der Waals surface area contributed by atoms with Gasteiger partial charge in [-0.3, -0.25) is 0 Å². The Morgan fingerprint density at radius 3 is 1.41 bits per heavy atom. The van der Waals surface area contributed by atoms with Crippen molar-refractivity contribution in [2.75, 3.05) is 0 Å². The van der Waals surface area contributed by atoms with E-state index < -0.39 is 0 Å². The highest BCUT2D eigenvalue weighted by Crippen LogP contribution is 2.49. The molecule has 2 heteroatoms. The van der Waals surface area contributed by atoms with E-state index in [0.717, 1.165) is 49.3 Å². The van der Waals surface area contributed by atoms with Crippen molar-refractivity contribution in [1.82, 2.24) is 0 Å². The third-order valence-corrected chi connectivity index (χ3v) is 9.26. The SMILES string of the molecule is c1ccc2c(c1)ccc1c2oc2cccc(-c3c4ccccc4c(-c4cccc5oc6ccccc6c45)c4ccccc34)c21. The first-order valence-corrected chi connectivity index (χ1v) is 15.0. The Morgan fingerprint density at radius 2 is 0.773 bits per heavy atom. The molecule has 2 nitrogen and oxygen atoms in total. The zero-order valence-electron chi connectivity index (χ0n) is 23.7. The van der Waals surface area contributed by atoms with Crippen molar-refractivity contribution < 1.29 is 8.83 Å². The van der Waals surface area contributed by atoms with Crippen LogP contribution in [0, 0.1) is 0 Å². The number of fused-ring (bicyclic) bond motifs is 10. The Bertz CT molecular complexity index is 2720. The number of benzene rings is 8. The molecular weight excluding hydrogens is 536 g/mol. The van der Waals surface area contributed by atoms with Gasteiger partial charge in [0.25, 0.3) is 0 Å². The fourth-order valence-electron chi connectivity index (χ4n) is 7.45. The first-order chi connectivity index (χ1) is 21.8. The number of rotatable bonds is 2. The van der Waals surface area contributed by atoms with Crippen LogP contribution >= 0.6 is 0 Å². The van der Waals surface area contributed by atoms with Crippen LogP contribution in [-0.2, 0) is 0 Å². The van der Waals surface area contributed by atoms with E-state index in [9.17, 15) is 0 Å². The lowest BCUT2D eigenvalue weighted by Crippen LogP contribution is -1.91. The molecule has 2 aromatic heterocycles. The Hall–Kier alpha value is -5.86. The number of hydrogen-bond acceptors (Lipinski definition) is 2. The van der Waals surface area contributed by atoms with E-state index in [1.54, 1.807) is 0 Å². The Morgan fingerprint density at radius 1 is 0.295 bits per heavy atom. The van der Waals surface area contributed by atoms with E-state index in [2.05, 4.69) is 140 Å². The van der Waals surface area contributed by atoms with Crippen LogP contribution in [-0.4, -0.2) is 0 Å². The van der Waals surface area contributed by atoms with Crippen LogP contribution in [0.25, 0.3) is 98.4 Å². The van der Waals surface area contributed by atoms with Crippen molar-refractivity contribution in [2.24, 2.45) is 0 Å². The summed E-state index contributed by atoms with van der Waals surface area (Å²) in [6.45, 7) is 0. The predicted octanol–water partition coefficient (Wildman–Crippen LogP) is 12.3. The lowest BCUT2D eigenvalue weighted by molar-refractivity contribution is 0.669. The second-order valence-corrected chi connectivity index (χ2v) is 11.6. The number of para-hydroxylation sites is 1. The zero-order chi connectivity index (χ0) is 28.8. The molecular formula is C42H24O2. The molecule has 0 aliphatic carbocycles. The smallest absolute Gasteiger partial charge is 0.143 e. The van der Waals surface area contributed by atoms with Gasteiger partial charge in [0.1, 0.15) is 22.3 Å². The van der Waals surface area contributed by atoms with Gasteiger partial charge >= 0.3 is 0 Å². The molecule has 0 radical (unpaired) electrons. The van der Waals surface area contributed by atoms with Gasteiger partial charge in [-0.2, -0.15) is 0 Å². The average Bonchev–Trinajstić information content (AvgIpc) is 3.66. The van der Waals surface area contributed by atoms with Crippen LogP contribution in [0.2, 0.25) is 0 Å². The number of hydrogen-bond donors (Lipinski definition) is 0. The minimum atomic E-state index is 0.903. The normalized spacial score (nSPS) is 12.1. The molecule has 0 atom stereocenters. The third-order valence-electron chi connectivity index (χ3n) is 9.26. The van der Waals surface area contributed by atoms with Crippen molar-refractivity contribution in [3.8, 4) is 22.3 Å². The van der Waals surface area contributed by atoms with Gasteiger partial charge in [0, 0.05) is 26.9 Å². The molecule has 0 amide bonds. The standard InChI is InChI=1S/C42H24O2/c1-2-12-26-25(11-1)23-24-34-41-33(19-10-22-37(41)44-42(26)34)39-29-15-5-3-13-27(29)38(28-14-4-6-16-30(28)39)32-18-9-21-36-40(32)31-17-7-8-20-35(31)43-36/h1-24H. The quantitative estimate of drug-likeness (QED) is 0.197. The molecule has 0 aliphatic rings. The van der Waals surface area contributed by atoms with Gasteiger partial charge in [-0.15, -0.1) is 0 Å². The summed E-state index contributed by atoms with van der Waals surface area (Å²) in [7, 11) is 0. The monoisotopic (exact) mass is 560 g/mol. The first-order valence-electron chi connectivity index (χ1n) is 15.0. The van der Waals surface area contributed by atoms with E-state index >= 15 is 0 Å². The summed E-state index contributed by atoms with van der Waals surface area (Å²) in [6, 6.07) is 51.8. The molecule has 8 aromatic carbocycles. The predicted molar refractivity (Wildman–Crippen MR) is 184 cm³/mol. The fourth-order valence-corrected chi connectivity index (χ4v) is 7.45. The van der Waals surface area contributed by atoms with Gasteiger partial charge in [-0.1, -0.05) is 121 Å². The second-order valence-electron chi connectivity index (χ2n) is 11.6. The average molecular weight is 561 g/mol. The largest absolute Gasteiger partial charge is 0.456 e. The summed E-state index contributed by atoms with van der Waals surface area (Å²) in [5, 5.41) is 11.8. The molecule has 44 heavy (non-hydrogen) atoms. The lowest BCUT2D eigenvalue weighted by atomic mass is 9.84. The molecule has 204 valence electrons. The van der Waals surface area contributed by atoms with Crippen molar-refractivity contribution in [1.29, 1.82) is 0 Å². The summed E-state index contributed by atoms with van der Waals surface area (Å²) in [6.07, 6.45) is 0. The maximum absolute atomic E-state index is 6.61. The lowest BCUT2D eigenvalue weighted by Gasteiger charge is -2.18. The molecule has 0 spiro atoms. The van der Waals surface area contributed by atoms with Gasteiger partial charge in [0.2, 0.25) is 0 Å². The van der Waals surface area contributed by atoms with Gasteiger partial charge in [-0.25, -0.2) is 0 Å². The van der Waals surface area contributed by atoms with Crippen LogP contribution < -0.4 is 0 Å². The molecule has 2 heterocycles. The summed E-state index contributed by atoms with van der Waals surface area (Å²) in [5.74, 6) is 0. The summed E-state index contributed by atoms with van der Waals surface area (Å²) in [4.78, 5) is 0. The van der Waals surface area contributed by atoms with E-state index in [-0.39, 0.29) is 0 Å². The van der Waals surface area contributed by atoms with Gasteiger partial charge in [0.15, 0.2) is 0 Å². The van der Waals surface area contributed by atoms with E-state index in [0.29, 0.717) is 0 Å². The molecule has 10 aromatic rings.